The fraction of sp³-hybridized carbons (Fsp3) is 1.00. The summed E-state index contributed by atoms with van der Waals surface area (Å²) in [6, 6.07) is 0. The van der Waals surface area contributed by atoms with Crippen molar-refractivity contribution < 1.29 is 4.48 Å². The van der Waals surface area contributed by atoms with E-state index in [4.69, 9.17) is 0 Å². The molecule has 0 aromatic rings. The number of hydrogen-bond acceptors (Lipinski definition) is 0. The topological polar surface area (TPSA) is 0 Å². The fourth-order valence-corrected chi connectivity index (χ4v) is 2.78. The Bertz CT molecular complexity index is 192. The Hall–Kier alpha value is 1.21. The average molecular weight is 390 g/mol. The molecule has 0 saturated carbocycles. The van der Waals surface area contributed by atoms with Gasteiger partial charge in [-0.05, 0) is 12.8 Å². The van der Waals surface area contributed by atoms with Crippen molar-refractivity contribution in [2.75, 3.05) is 27.7 Å². The number of unbranched alkanes of at least 4 members (excludes halogenated alkanes) is 13. The summed E-state index contributed by atoms with van der Waals surface area (Å²) in [5, 5.41) is 0. The van der Waals surface area contributed by atoms with Gasteiger partial charge in [-0.1, -0.05) is 84.0 Å². The Labute approximate surface area is 168 Å². The van der Waals surface area contributed by atoms with Crippen LogP contribution < -0.4 is 0 Å². The smallest absolute Gasteiger partial charge is 0.331 e. The van der Waals surface area contributed by atoms with E-state index in [0.717, 1.165) is 4.48 Å². The molecule has 0 aliphatic rings. The van der Waals surface area contributed by atoms with Crippen LogP contribution >= 0.6 is 17.0 Å². The molecule has 3 heteroatoms. The van der Waals surface area contributed by atoms with Crippen molar-refractivity contribution in [2.45, 2.75) is 96.8 Å². The van der Waals surface area contributed by atoms with Gasteiger partial charge in [-0.3, -0.25) is 0 Å². The molecule has 0 fully saturated rings. The molecule has 0 unspecified atom stereocenters. The van der Waals surface area contributed by atoms with E-state index in [1.807, 2.05) is 0 Å². The van der Waals surface area contributed by atoms with E-state index < -0.39 is 0 Å². The molecule has 0 amide bonds. The van der Waals surface area contributed by atoms with Crippen LogP contribution in [0.4, 0.5) is 0 Å². The standard InChI is InChI=1S/C19H42N.BrH.Mg/c1-5-6-7-8-9-10-11-12-13-14-15-16-17-18-19-20(2,3)4;;/h5-19H2,1-4H3;1H;/q+1;;+2. The van der Waals surface area contributed by atoms with Crippen LogP contribution in [0.5, 0.6) is 0 Å². The van der Waals surface area contributed by atoms with E-state index in [-0.39, 0.29) is 40.0 Å². The van der Waals surface area contributed by atoms with E-state index in [1.54, 1.807) is 0 Å². The van der Waals surface area contributed by atoms with Gasteiger partial charge in [0.15, 0.2) is 0 Å². The first kappa shape index (κ1) is 28.0. The summed E-state index contributed by atoms with van der Waals surface area (Å²) in [7, 11) is 6.88. The van der Waals surface area contributed by atoms with Gasteiger partial charge >= 0.3 is 23.1 Å². The molecule has 0 spiro atoms. The summed E-state index contributed by atoms with van der Waals surface area (Å²) < 4.78 is 1.12. The predicted octanol–water partition coefficient (Wildman–Crippen LogP) is 6.37. The van der Waals surface area contributed by atoms with Crippen LogP contribution in [0.1, 0.15) is 96.8 Å². The van der Waals surface area contributed by atoms with Crippen molar-refractivity contribution in [1.82, 2.24) is 0 Å². The summed E-state index contributed by atoms with van der Waals surface area (Å²) in [4.78, 5) is 0. The SMILES string of the molecule is Br.CCCCCCCCCCCCCCCC[N+](C)(C)C.[Mg+2]. The Morgan fingerprint density at radius 1 is 0.500 bits per heavy atom. The van der Waals surface area contributed by atoms with Gasteiger partial charge in [0.05, 0.1) is 27.7 Å². The van der Waals surface area contributed by atoms with Crippen molar-refractivity contribution in [3.8, 4) is 0 Å². The van der Waals surface area contributed by atoms with Gasteiger partial charge in [0.1, 0.15) is 0 Å². The minimum Gasteiger partial charge on any atom is -0.331 e. The summed E-state index contributed by atoms with van der Waals surface area (Å²) in [6.45, 7) is 3.63. The molecule has 1 nitrogen and oxygen atoms in total. The van der Waals surface area contributed by atoms with Crippen LogP contribution in [0.3, 0.4) is 0 Å². The van der Waals surface area contributed by atoms with E-state index in [9.17, 15) is 0 Å². The van der Waals surface area contributed by atoms with Crippen molar-refractivity contribution in [3.63, 3.8) is 0 Å². The zero-order chi connectivity index (χ0) is 15.1. The van der Waals surface area contributed by atoms with E-state index in [0.29, 0.717) is 0 Å². The molecule has 0 N–H and O–H groups in total. The van der Waals surface area contributed by atoms with Gasteiger partial charge in [-0.25, -0.2) is 0 Å². The maximum atomic E-state index is 2.29. The molecule has 0 aromatic carbocycles. The minimum absolute atomic E-state index is 0. The van der Waals surface area contributed by atoms with Crippen LogP contribution in [-0.4, -0.2) is 55.2 Å². The molecule has 0 radical (unpaired) electrons. The minimum atomic E-state index is 0. The molecule has 0 rings (SSSR count). The van der Waals surface area contributed by atoms with Gasteiger partial charge in [0, 0.05) is 0 Å². The van der Waals surface area contributed by atoms with Crippen LogP contribution in [0.2, 0.25) is 0 Å². The number of quaternary nitrogens is 1. The second kappa shape index (κ2) is 20.3. The molecule has 0 saturated heterocycles. The van der Waals surface area contributed by atoms with Gasteiger partial charge in [0.25, 0.3) is 0 Å². The number of halogens is 1. The molecule has 0 bridgehead atoms. The summed E-state index contributed by atoms with van der Waals surface area (Å²) in [5.41, 5.74) is 0. The first-order valence-corrected chi connectivity index (χ1v) is 9.36. The van der Waals surface area contributed by atoms with E-state index >= 15 is 0 Å². The molecule has 0 heterocycles. The summed E-state index contributed by atoms with van der Waals surface area (Å²) in [5.74, 6) is 0. The quantitative estimate of drug-likeness (QED) is 0.173. The normalized spacial score (nSPS) is 10.9. The third-order valence-electron chi connectivity index (χ3n) is 4.18. The average Bonchev–Trinajstić information content (AvgIpc) is 2.38. The van der Waals surface area contributed by atoms with Gasteiger partial charge < -0.3 is 4.48 Å². The van der Waals surface area contributed by atoms with Crippen LogP contribution in [0.15, 0.2) is 0 Å². The van der Waals surface area contributed by atoms with Crippen LogP contribution in [-0.2, 0) is 0 Å². The van der Waals surface area contributed by atoms with Gasteiger partial charge in [-0.15, -0.1) is 17.0 Å². The second-order valence-electron chi connectivity index (χ2n) is 7.61. The fourth-order valence-electron chi connectivity index (χ4n) is 2.78. The van der Waals surface area contributed by atoms with Crippen LogP contribution in [0, 0.1) is 0 Å². The molecule has 0 aromatic heterocycles. The van der Waals surface area contributed by atoms with E-state index in [2.05, 4.69) is 28.1 Å². The Morgan fingerprint density at radius 2 is 0.773 bits per heavy atom. The molecule has 130 valence electrons. The molecule has 22 heavy (non-hydrogen) atoms. The predicted molar refractivity (Wildman–Crippen MR) is 109 cm³/mol. The van der Waals surface area contributed by atoms with Crippen molar-refractivity contribution in [2.24, 2.45) is 0 Å². The third-order valence-corrected chi connectivity index (χ3v) is 4.18. The number of nitrogens with zero attached hydrogens (tertiary/aromatic N) is 1. The first-order valence-electron chi connectivity index (χ1n) is 9.36. The maximum absolute atomic E-state index is 2.29. The first-order chi connectivity index (χ1) is 9.56. The largest absolute Gasteiger partial charge is 2.00 e. The zero-order valence-corrected chi connectivity index (χ0v) is 19.3. The summed E-state index contributed by atoms with van der Waals surface area (Å²) in [6.07, 6.45) is 20.4. The Morgan fingerprint density at radius 3 is 1.05 bits per heavy atom. The molecule has 0 aliphatic heterocycles. The molecule has 0 aliphatic carbocycles. The Balaban J connectivity index is -0.00000180. The number of hydrogen-bond donors (Lipinski definition) is 0. The molecule has 0 atom stereocenters. The van der Waals surface area contributed by atoms with Crippen molar-refractivity contribution >= 4 is 40.0 Å². The maximum Gasteiger partial charge on any atom is 2.00 e. The molecular weight excluding hydrogens is 346 g/mol. The Kier molecular flexibility index (Phi) is 25.8. The summed E-state index contributed by atoms with van der Waals surface area (Å²) >= 11 is 0. The number of rotatable bonds is 15. The second-order valence-corrected chi connectivity index (χ2v) is 7.61. The zero-order valence-electron chi connectivity index (χ0n) is 16.2. The van der Waals surface area contributed by atoms with E-state index in [1.165, 1.54) is 96.4 Å². The third kappa shape index (κ3) is 26.1. The van der Waals surface area contributed by atoms with Gasteiger partial charge in [0.2, 0.25) is 0 Å². The van der Waals surface area contributed by atoms with Crippen molar-refractivity contribution in [1.29, 1.82) is 0 Å². The van der Waals surface area contributed by atoms with Crippen molar-refractivity contribution in [3.05, 3.63) is 0 Å². The monoisotopic (exact) mass is 388 g/mol. The van der Waals surface area contributed by atoms with Gasteiger partial charge in [-0.2, -0.15) is 0 Å². The van der Waals surface area contributed by atoms with Crippen LogP contribution in [0.25, 0.3) is 0 Å². The molecular formula is C19H43BrMgN+3.